The third-order valence-electron chi connectivity index (χ3n) is 4.46. The molecular formula is C18H29N3O4S. The zero-order valence-corrected chi connectivity index (χ0v) is 16.7. The van der Waals surface area contributed by atoms with Crippen molar-refractivity contribution in [3.05, 3.63) is 18.2 Å². The van der Waals surface area contributed by atoms with Crippen molar-refractivity contribution in [2.75, 3.05) is 32.6 Å². The molecule has 0 radical (unpaired) electrons. The molecule has 1 aliphatic heterocycles. The molecule has 1 aromatic rings. The normalized spacial score (nSPS) is 16.7. The highest BCUT2D eigenvalue weighted by molar-refractivity contribution is 7.89. The molecule has 1 saturated heterocycles. The molecule has 2 N–H and O–H groups in total. The lowest BCUT2D eigenvalue weighted by molar-refractivity contribution is -0.117. The first kappa shape index (κ1) is 20.7. The summed E-state index contributed by atoms with van der Waals surface area (Å²) < 4.78 is 32.5. The zero-order chi connectivity index (χ0) is 19.3. The predicted octanol–water partition coefficient (Wildman–Crippen LogP) is 2.05. The summed E-state index contributed by atoms with van der Waals surface area (Å²) in [5.74, 6) is 0.668. The lowest BCUT2D eigenvalue weighted by atomic mass is 9.93. The summed E-state index contributed by atoms with van der Waals surface area (Å²) in [6.07, 6.45) is 2.42. The first-order valence-electron chi connectivity index (χ1n) is 8.90. The van der Waals surface area contributed by atoms with Gasteiger partial charge in [0.2, 0.25) is 15.9 Å². The number of amides is 1. The summed E-state index contributed by atoms with van der Waals surface area (Å²) in [6.45, 7) is 5.50. The Morgan fingerprint density at radius 2 is 1.96 bits per heavy atom. The molecule has 26 heavy (non-hydrogen) atoms. The van der Waals surface area contributed by atoms with Crippen LogP contribution in [0.4, 0.5) is 5.69 Å². The Kier molecular flexibility index (Phi) is 7.02. The number of hydrogen-bond acceptors (Lipinski definition) is 5. The molecule has 1 amide bonds. The topological polar surface area (TPSA) is 87.7 Å². The Bertz CT molecular complexity index is 726. The molecule has 7 nitrogen and oxygen atoms in total. The van der Waals surface area contributed by atoms with Crippen LogP contribution in [0.1, 0.15) is 33.1 Å². The van der Waals surface area contributed by atoms with E-state index in [4.69, 9.17) is 4.74 Å². The van der Waals surface area contributed by atoms with Crippen molar-refractivity contribution in [3.8, 4) is 5.75 Å². The fourth-order valence-electron chi connectivity index (χ4n) is 3.06. The first-order chi connectivity index (χ1) is 12.2. The fourth-order valence-corrected chi connectivity index (χ4v) is 4.34. The standard InChI is InChI=1S/C18H29N3O4S/c1-13(2)20-26(23,24)15-5-6-17(25-4)16(12-15)19-18(22)11-14-7-9-21(3)10-8-14/h5-6,12-14,20H,7-11H2,1-4H3,(H,19,22). The number of carbonyl (C=O) groups is 1. The molecule has 2 rings (SSSR count). The molecule has 0 unspecified atom stereocenters. The van der Waals surface area contributed by atoms with E-state index in [9.17, 15) is 13.2 Å². The second-order valence-corrected chi connectivity index (χ2v) is 8.85. The van der Waals surface area contributed by atoms with E-state index in [0.29, 0.717) is 23.8 Å². The number of anilines is 1. The number of carbonyl (C=O) groups excluding carboxylic acids is 1. The van der Waals surface area contributed by atoms with Crippen LogP contribution in [0.2, 0.25) is 0 Å². The van der Waals surface area contributed by atoms with E-state index in [0.717, 1.165) is 25.9 Å². The van der Waals surface area contributed by atoms with Crippen LogP contribution in [0.5, 0.6) is 5.75 Å². The zero-order valence-electron chi connectivity index (χ0n) is 15.9. The molecule has 8 heteroatoms. The van der Waals surface area contributed by atoms with Crippen molar-refractivity contribution in [1.29, 1.82) is 0 Å². The summed E-state index contributed by atoms with van der Waals surface area (Å²) in [4.78, 5) is 14.8. The van der Waals surface area contributed by atoms with Crippen molar-refractivity contribution < 1.29 is 17.9 Å². The van der Waals surface area contributed by atoms with Gasteiger partial charge in [-0.3, -0.25) is 4.79 Å². The number of piperidine rings is 1. The predicted molar refractivity (Wildman–Crippen MR) is 102 cm³/mol. The average Bonchev–Trinajstić information content (AvgIpc) is 2.55. The lowest BCUT2D eigenvalue weighted by Gasteiger charge is -2.28. The number of nitrogens with one attached hydrogen (secondary N) is 2. The Morgan fingerprint density at radius 3 is 2.54 bits per heavy atom. The number of nitrogens with zero attached hydrogens (tertiary/aromatic N) is 1. The maximum atomic E-state index is 12.4. The van der Waals surface area contributed by atoms with Gasteiger partial charge in [0.25, 0.3) is 0 Å². The molecule has 1 fully saturated rings. The SMILES string of the molecule is COc1ccc(S(=O)(=O)NC(C)C)cc1NC(=O)CC1CCN(C)CC1. The van der Waals surface area contributed by atoms with Gasteiger partial charge in [0, 0.05) is 12.5 Å². The molecule has 0 bridgehead atoms. The number of likely N-dealkylation sites (tertiary alicyclic amines) is 1. The number of ether oxygens (including phenoxy) is 1. The van der Waals surface area contributed by atoms with Crippen molar-refractivity contribution in [2.45, 2.75) is 44.0 Å². The van der Waals surface area contributed by atoms with Crippen molar-refractivity contribution in [2.24, 2.45) is 5.92 Å². The average molecular weight is 384 g/mol. The van der Waals surface area contributed by atoms with Gasteiger partial charge in [0.05, 0.1) is 17.7 Å². The first-order valence-corrected chi connectivity index (χ1v) is 10.4. The fraction of sp³-hybridized carbons (Fsp3) is 0.611. The Balaban J connectivity index is 2.11. The molecule has 1 aromatic carbocycles. The summed E-state index contributed by atoms with van der Waals surface area (Å²) >= 11 is 0. The van der Waals surface area contributed by atoms with Crippen molar-refractivity contribution in [3.63, 3.8) is 0 Å². The van der Waals surface area contributed by atoms with Crippen molar-refractivity contribution in [1.82, 2.24) is 9.62 Å². The van der Waals surface area contributed by atoms with Gasteiger partial charge in [-0.2, -0.15) is 0 Å². The molecule has 0 spiro atoms. The Morgan fingerprint density at radius 1 is 1.31 bits per heavy atom. The van der Waals surface area contributed by atoms with Crippen LogP contribution in [-0.2, 0) is 14.8 Å². The highest BCUT2D eigenvalue weighted by Crippen LogP contribution is 2.28. The van der Waals surface area contributed by atoms with Gasteiger partial charge in [-0.1, -0.05) is 0 Å². The minimum absolute atomic E-state index is 0.0987. The van der Waals surface area contributed by atoms with Gasteiger partial charge < -0.3 is 15.0 Å². The summed E-state index contributed by atoms with van der Waals surface area (Å²) in [5, 5.41) is 2.82. The number of sulfonamides is 1. The monoisotopic (exact) mass is 383 g/mol. The quantitative estimate of drug-likeness (QED) is 0.752. The Labute approximate surface area is 156 Å². The third kappa shape index (κ3) is 5.69. The molecule has 146 valence electrons. The molecule has 0 atom stereocenters. The van der Waals surface area contributed by atoms with Gasteiger partial charge in [-0.05, 0) is 70.9 Å². The molecule has 1 heterocycles. The highest BCUT2D eigenvalue weighted by Gasteiger charge is 2.22. The van der Waals surface area contributed by atoms with Crippen LogP contribution in [0.25, 0.3) is 0 Å². The molecule has 0 saturated carbocycles. The van der Waals surface area contributed by atoms with E-state index in [2.05, 4.69) is 22.0 Å². The molecular weight excluding hydrogens is 354 g/mol. The number of benzene rings is 1. The van der Waals surface area contributed by atoms with Gasteiger partial charge in [-0.15, -0.1) is 0 Å². The second kappa shape index (κ2) is 8.83. The number of hydrogen-bond donors (Lipinski definition) is 2. The maximum Gasteiger partial charge on any atom is 0.240 e. The third-order valence-corrected chi connectivity index (χ3v) is 6.11. The van der Waals surface area contributed by atoms with E-state index in [-0.39, 0.29) is 16.8 Å². The van der Waals surface area contributed by atoms with E-state index in [1.54, 1.807) is 19.9 Å². The molecule has 0 aliphatic carbocycles. The second-order valence-electron chi connectivity index (χ2n) is 7.14. The maximum absolute atomic E-state index is 12.4. The van der Waals surface area contributed by atoms with E-state index >= 15 is 0 Å². The van der Waals surface area contributed by atoms with Gasteiger partial charge in [0.1, 0.15) is 5.75 Å². The Hall–Kier alpha value is -1.64. The van der Waals surface area contributed by atoms with E-state index in [1.165, 1.54) is 19.2 Å². The van der Waals surface area contributed by atoms with Crippen LogP contribution in [0.3, 0.4) is 0 Å². The minimum Gasteiger partial charge on any atom is -0.495 e. The number of methoxy groups -OCH3 is 1. The lowest BCUT2D eigenvalue weighted by Crippen LogP contribution is -2.32. The largest absolute Gasteiger partial charge is 0.495 e. The van der Waals surface area contributed by atoms with Gasteiger partial charge >= 0.3 is 0 Å². The van der Waals surface area contributed by atoms with Crippen LogP contribution in [-0.4, -0.2) is 52.5 Å². The van der Waals surface area contributed by atoms with Crippen LogP contribution in [0.15, 0.2) is 23.1 Å². The van der Waals surface area contributed by atoms with Crippen LogP contribution >= 0.6 is 0 Å². The molecule has 0 aromatic heterocycles. The highest BCUT2D eigenvalue weighted by atomic mass is 32.2. The van der Waals surface area contributed by atoms with E-state index in [1.807, 2.05) is 0 Å². The van der Waals surface area contributed by atoms with Crippen LogP contribution in [0, 0.1) is 5.92 Å². The summed E-state index contributed by atoms with van der Waals surface area (Å²) in [7, 11) is -0.0683. The summed E-state index contributed by atoms with van der Waals surface area (Å²) in [6, 6.07) is 4.25. The van der Waals surface area contributed by atoms with Gasteiger partial charge in [0.15, 0.2) is 0 Å². The number of rotatable bonds is 7. The van der Waals surface area contributed by atoms with Gasteiger partial charge in [-0.25, -0.2) is 13.1 Å². The summed E-state index contributed by atoms with van der Waals surface area (Å²) in [5.41, 5.74) is 0.372. The van der Waals surface area contributed by atoms with E-state index < -0.39 is 10.0 Å². The van der Waals surface area contributed by atoms with Crippen LogP contribution < -0.4 is 14.8 Å². The molecule has 1 aliphatic rings. The van der Waals surface area contributed by atoms with Crippen molar-refractivity contribution >= 4 is 21.6 Å². The smallest absolute Gasteiger partial charge is 0.240 e. The minimum atomic E-state index is -3.64.